The molecule has 0 unspecified atom stereocenters. The zero-order valence-corrected chi connectivity index (χ0v) is 16.6. The number of alkyl halides is 3. The van der Waals surface area contributed by atoms with Crippen LogP contribution in [0, 0.1) is 30.2 Å². The molecule has 32 heavy (non-hydrogen) atoms. The molecule has 5 nitrogen and oxygen atoms in total. The molecule has 0 aliphatic rings. The Bertz CT molecular complexity index is 1170. The lowest BCUT2D eigenvalue weighted by molar-refractivity contribution is -0.143. The van der Waals surface area contributed by atoms with Gasteiger partial charge >= 0.3 is 6.18 Å². The molecule has 0 radical (unpaired) electrons. The van der Waals surface area contributed by atoms with Crippen molar-refractivity contribution in [3.63, 3.8) is 0 Å². The number of ether oxygens (including phenoxy) is 1. The molecular formula is C19H11ClF7N3O2. The fourth-order valence-corrected chi connectivity index (χ4v) is 2.86. The van der Waals surface area contributed by atoms with Gasteiger partial charge in [-0.25, -0.2) is 22.2 Å². The van der Waals surface area contributed by atoms with Crippen molar-refractivity contribution in [2.75, 3.05) is 5.32 Å². The largest absolute Gasteiger partial charge is 0.471 e. The zero-order valence-electron chi connectivity index (χ0n) is 15.8. The second kappa shape index (κ2) is 8.69. The Morgan fingerprint density at radius 3 is 2.28 bits per heavy atom. The Hall–Kier alpha value is -3.28. The number of anilines is 1. The molecule has 0 spiro atoms. The zero-order chi connectivity index (χ0) is 23.8. The molecule has 13 heteroatoms. The van der Waals surface area contributed by atoms with Gasteiger partial charge in [-0.3, -0.25) is 4.79 Å². The first-order chi connectivity index (χ1) is 14.9. The average Bonchev–Trinajstić information content (AvgIpc) is 3.17. The second-order valence-corrected chi connectivity index (χ2v) is 6.82. The molecule has 1 amide bonds. The maximum atomic E-state index is 13.9. The molecule has 0 saturated heterocycles. The molecule has 170 valence electrons. The van der Waals surface area contributed by atoms with E-state index in [1.807, 2.05) is 0 Å². The van der Waals surface area contributed by atoms with Crippen molar-refractivity contribution in [3.8, 4) is 5.75 Å². The topological polar surface area (TPSA) is 56.1 Å². The van der Waals surface area contributed by atoms with E-state index in [2.05, 4.69) is 5.10 Å². The van der Waals surface area contributed by atoms with Gasteiger partial charge in [-0.1, -0.05) is 11.6 Å². The Morgan fingerprint density at radius 1 is 1.09 bits per heavy atom. The van der Waals surface area contributed by atoms with E-state index in [9.17, 15) is 35.5 Å². The van der Waals surface area contributed by atoms with Crippen LogP contribution in [0.4, 0.5) is 36.4 Å². The maximum absolute atomic E-state index is 13.9. The predicted molar refractivity (Wildman–Crippen MR) is 98.3 cm³/mol. The number of rotatable bonds is 5. The van der Waals surface area contributed by atoms with Gasteiger partial charge in [0.2, 0.25) is 0 Å². The standard InChI is InChI=1S/C19H11ClF7N3O2/c1-8-6-9(20)2-3-11(8)32-7-30-5-4-10(29-30)18(31)28-17-15(23)13(21)12(19(25,26)27)14(22)16(17)24/h2-6H,7H2,1H3,(H,28,31). The fraction of sp³-hybridized carbons (Fsp3) is 0.158. The second-order valence-electron chi connectivity index (χ2n) is 6.38. The van der Waals surface area contributed by atoms with Crippen LogP contribution in [-0.2, 0) is 12.9 Å². The molecule has 0 atom stereocenters. The molecular weight excluding hydrogens is 471 g/mol. The molecule has 3 aromatic rings. The fourth-order valence-electron chi connectivity index (χ4n) is 2.63. The van der Waals surface area contributed by atoms with Crippen molar-refractivity contribution in [1.29, 1.82) is 0 Å². The van der Waals surface area contributed by atoms with Crippen LogP contribution in [0.3, 0.4) is 0 Å². The number of hydrogen-bond donors (Lipinski definition) is 1. The summed E-state index contributed by atoms with van der Waals surface area (Å²) in [6.45, 7) is 1.54. The number of amides is 1. The van der Waals surface area contributed by atoms with Gasteiger partial charge in [0.1, 0.15) is 17.0 Å². The Balaban J connectivity index is 1.78. The van der Waals surface area contributed by atoms with E-state index in [0.717, 1.165) is 10.7 Å². The molecule has 1 aromatic heterocycles. The van der Waals surface area contributed by atoms with Crippen molar-refractivity contribution in [2.24, 2.45) is 0 Å². The monoisotopic (exact) mass is 481 g/mol. The average molecular weight is 482 g/mol. The summed E-state index contributed by atoms with van der Waals surface area (Å²) in [4.78, 5) is 12.2. The van der Waals surface area contributed by atoms with Crippen molar-refractivity contribution in [1.82, 2.24) is 9.78 Å². The smallest absolute Gasteiger partial charge is 0.422 e. The summed E-state index contributed by atoms with van der Waals surface area (Å²) in [7, 11) is 0. The molecule has 0 aliphatic heterocycles. The van der Waals surface area contributed by atoms with Crippen molar-refractivity contribution >= 4 is 23.2 Å². The predicted octanol–water partition coefficient (Wildman–Crippen LogP) is 5.71. The summed E-state index contributed by atoms with van der Waals surface area (Å²) in [5, 5.41) is 5.75. The minimum atomic E-state index is -5.69. The first-order valence-corrected chi connectivity index (χ1v) is 8.94. The lowest BCUT2D eigenvalue weighted by Crippen LogP contribution is -2.21. The summed E-state index contributed by atoms with van der Waals surface area (Å²) < 4.78 is 99.8. The Labute approximate surface area is 180 Å². The minimum Gasteiger partial charge on any atom is -0.471 e. The van der Waals surface area contributed by atoms with E-state index < -0.39 is 52.3 Å². The van der Waals surface area contributed by atoms with Crippen LogP contribution in [0.15, 0.2) is 30.5 Å². The van der Waals surface area contributed by atoms with Gasteiger partial charge in [-0.15, -0.1) is 0 Å². The number of nitrogens with one attached hydrogen (secondary N) is 1. The molecule has 3 rings (SSSR count). The van der Waals surface area contributed by atoms with Crippen LogP contribution in [0.2, 0.25) is 5.02 Å². The highest BCUT2D eigenvalue weighted by Gasteiger charge is 2.42. The van der Waals surface area contributed by atoms with E-state index in [-0.39, 0.29) is 6.73 Å². The van der Waals surface area contributed by atoms with Crippen LogP contribution in [0.1, 0.15) is 21.6 Å². The number of nitrogens with zero attached hydrogens (tertiary/aromatic N) is 2. The van der Waals surface area contributed by atoms with Gasteiger partial charge in [-0.2, -0.15) is 18.3 Å². The SMILES string of the molecule is Cc1cc(Cl)ccc1OCn1ccc(C(=O)Nc2c(F)c(F)c(C(F)(F)F)c(F)c2F)n1. The highest BCUT2D eigenvalue weighted by Crippen LogP contribution is 2.38. The lowest BCUT2D eigenvalue weighted by atomic mass is 10.1. The number of carbonyl (C=O) groups is 1. The third-order valence-electron chi connectivity index (χ3n) is 4.15. The van der Waals surface area contributed by atoms with Crippen molar-refractivity contribution in [3.05, 3.63) is 75.6 Å². The highest BCUT2D eigenvalue weighted by atomic mass is 35.5. The third-order valence-corrected chi connectivity index (χ3v) is 4.38. The molecule has 0 fully saturated rings. The number of benzene rings is 2. The number of carbonyl (C=O) groups excluding carboxylic acids is 1. The number of aryl methyl sites for hydroxylation is 1. The molecule has 0 saturated carbocycles. The first kappa shape index (κ1) is 23.4. The first-order valence-electron chi connectivity index (χ1n) is 8.57. The van der Waals surface area contributed by atoms with Crippen LogP contribution >= 0.6 is 11.6 Å². The highest BCUT2D eigenvalue weighted by molar-refractivity contribution is 6.30. The quantitative estimate of drug-likeness (QED) is 0.375. The number of hydrogen-bond acceptors (Lipinski definition) is 3. The minimum absolute atomic E-state index is 0.192. The van der Waals surface area contributed by atoms with Crippen molar-refractivity contribution < 1.29 is 40.3 Å². The summed E-state index contributed by atoms with van der Waals surface area (Å²) in [5.74, 6) is -11.1. The molecule has 2 aromatic carbocycles. The van der Waals surface area contributed by atoms with Crippen molar-refractivity contribution in [2.45, 2.75) is 19.8 Å². The Kier molecular flexibility index (Phi) is 6.35. The maximum Gasteiger partial charge on any atom is 0.422 e. The summed E-state index contributed by atoms with van der Waals surface area (Å²) in [6, 6.07) is 5.90. The van der Waals surface area contributed by atoms with Crippen LogP contribution in [0.25, 0.3) is 0 Å². The van der Waals surface area contributed by atoms with Gasteiger partial charge in [0.15, 0.2) is 35.7 Å². The molecule has 0 bridgehead atoms. The van der Waals surface area contributed by atoms with Crippen LogP contribution in [0.5, 0.6) is 5.75 Å². The van der Waals surface area contributed by atoms with Gasteiger partial charge in [0.05, 0.1) is 0 Å². The Morgan fingerprint density at radius 2 is 1.72 bits per heavy atom. The van der Waals surface area contributed by atoms with Crippen LogP contribution < -0.4 is 10.1 Å². The number of halogens is 8. The summed E-state index contributed by atoms with van der Waals surface area (Å²) in [5.41, 5.74) is -4.22. The van der Waals surface area contributed by atoms with Gasteiger partial charge in [0, 0.05) is 11.2 Å². The normalized spacial score (nSPS) is 11.5. The third kappa shape index (κ3) is 4.64. The molecule has 1 N–H and O–H groups in total. The molecule has 1 heterocycles. The van der Waals surface area contributed by atoms with Crippen LogP contribution in [-0.4, -0.2) is 15.7 Å². The lowest BCUT2D eigenvalue weighted by Gasteiger charge is -2.14. The van der Waals surface area contributed by atoms with Gasteiger partial charge in [0.25, 0.3) is 5.91 Å². The number of aromatic nitrogens is 2. The van der Waals surface area contributed by atoms with E-state index in [4.69, 9.17) is 16.3 Å². The van der Waals surface area contributed by atoms with Gasteiger partial charge in [-0.05, 0) is 36.8 Å². The molecule has 0 aliphatic carbocycles. The van der Waals surface area contributed by atoms with E-state index in [1.54, 1.807) is 25.1 Å². The van der Waals surface area contributed by atoms with E-state index in [1.165, 1.54) is 11.5 Å². The van der Waals surface area contributed by atoms with E-state index >= 15 is 0 Å². The van der Waals surface area contributed by atoms with E-state index in [0.29, 0.717) is 16.3 Å². The summed E-state index contributed by atoms with van der Waals surface area (Å²) in [6.07, 6.45) is -4.44. The summed E-state index contributed by atoms with van der Waals surface area (Å²) >= 11 is 5.84. The van der Waals surface area contributed by atoms with Gasteiger partial charge < -0.3 is 10.1 Å².